The molecule has 2 saturated heterocycles. The lowest BCUT2D eigenvalue weighted by Gasteiger charge is -2.51. The molecule has 2 heterocycles. The minimum Gasteiger partial charge on any atom is -0.396 e. The maximum atomic E-state index is 12.7. The maximum absolute atomic E-state index is 12.7. The van der Waals surface area contributed by atoms with Crippen LogP contribution in [0.1, 0.15) is 29.6 Å². The third-order valence-electron chi connectivity index (χ3n) is 6.18. The molecule has 1 atom stereocenters. The maximum Gasteiger partial charge on any atom is 0.253 e. The van der Waals surface area contributed by atoms with Crippen molar-refractivity contribution in [3.8, 4) is 0 Å². The third kappa shape index (κ3) is 4.05. The number of aliphatic hydroxyl groups is 1. The Morgan fingerprint density at radius 1 is 1.20 bits per heavy atom. The van der Waals surface area contributed by atoms with Gasteiger partial charge in [0.1, 0.15) is 0 Å². The van der Waals surface area contributed by atoms with Gasteiger partial charge in [-0.1, -0.05) is 18.2 Å². The highest BCUT2D eigenvalue weighted by Crippen LogP contribution is 2.45. The van der Waals surface area contributed by atoms with Gasteiger partial charge < -0.3 is 19.6 Å². The number of ether oxygens (including phenoxy) is 1. The first-order chi connectivity index (χ1) is 12.2. The van der Waals surface area contributed by atoms with Crippen LogP contribution in [0, 0.1) is 11.3 Å². The molecule has 2 aliphatic heterocycles. The van der Waals surface area contributed by atoms with E-state index in [4.69, 9.17) is 4.74 Å². The van der Waals surface area contributed by atoms with Gasteiger partial charge >= 0.3 is 0 Å². The topological polar surface area (TPSA) is 53.0 Å². The van der Waals surface area contributed by atoms with Crippen molar-refractivity contribution in [1.82, 2.24) is 9.80 Å². The molecule has 1 aromatic rings. The van der Waals surface area contributed by atoms with Crippen molar-refractivity contribution in [2.75, 3.05) is 53.0 Å². The molecule has 0 unspecified atom stereocenters. The third-order valence-corrected chi connectivity index (χ3v) is 6.18. The second kappa shape index (κ2) is 8.30. The van der Waals surface area contributed by atoms with Crippen molar-refractivity contribution in [3.63, 3.8) is 0 Å². The molecular weight excluding hydrogens is 316 g/mol. The number of nitrogens with zero attached hydrogens (tertiary/aromatic N) is 2. The first-order valence-corrected chi connectivity index (χ1v) is 9.35. The van der Waals surface area contributed by atoms with E-state index in [2.05, 4.69) is 4.90 Å². The lowest BCUT2D eigenvalue weighted by molar-refractivity contribution is -0.0376. The molecular formula is C20H30N2O3. The minimum atomic E-state index is 0.0893. The van der Waals surface area contributed by atoms with Crippen LogP contribution in [0.5, 0.6) is 0 Å². The summed E-state index contributed by atoms with van der Waals surface area (Å²) in [5.74, 6) is 0.268. The fraction of sp³-hybridized carbons (Fsp3) is 0.650. The van der Waals surface area contributed by atoms with Gasteiger partial charge in [-0.2, -0.15) is 0 Å². The monoisotopic (exact) mass is 346 g/mol. The fourth-order valence-electron chi connectivity index (χ4n) is 4.41. The van der Waals surface area contributed by atoms with Crippen LogP contribution < -0.4 is 0 Å². The largest absolute Gasteiger partial charge is 0.396 e. The van der Waals surface area contributed by atoms with E-state index in [9.17, 15) is 9.90 Å². The highest BCUT2D eigenvalue weighted by molar-refractivity contribution is 5.94. The Bertz CT molecular complexity index is 555. The number of piperidine rings is 2. The average molecular weight is 346 g/mol. The van der Waals surface area contributed by atoms with Crippen LogP contribution in [-0.4, -0.2) is 73.9 Å². The van der Waals surface area contributed by atoms with Gasteiger partial charge in [0.05, 0.1) is 6.61 Å². The normalized spacial score (nSPS) is 23.8. The van der Waals surface area contributed by atoms with Crippen LogP contribution in [-0.2, 0) is 4.74 Å². The second-order valence-corrected chi connectivity index (χ2v) is 7.44. The molecule has 1 N–H and O–H groups in total. The Kier molecular flexibility index (Phi) is 6.10. The predicted molar refractivity (Wildman–Crippen MR) is 97.5 cm³/mol. The van der Waals surface area contributed by atoms with Crippen LogP contribution in [0.2, 0.25) is 0 Å². The van der Waals surface area contributed by atoms with Gasteiger partial charge in [-0.25, -0.2) is 0 Å². The molecule has 2 fully saturated rings. The molecule has 5 nitrogen and oxygen atoms in total. The zero-order valence-electron chi connectivity index (χ0n) is 15.2. The number of aliphatic hydroxyl groups excluding tert-OH is 1. The number of likely N-dealkylation sites (tertiary alicyclic amines) is 2. The number of rotatable bonds is 5. The quantitative estimate of drug-likeness (QED) is 0.884. The van der Waals surface area contributed by atoms with E-state index < -0.39 is 0 Å². The summed E-state index contributed by atoms with van der Waals surface area (Å²) in [5, 5.41) is 10.0. The van der Waals surface area contributed by atoms with E-state index in [1.54, 1.807) is 7.11 Å². The Morgan fingerprint density at radius 3 is 2.52 bits per heavy atom. The molecule has 5 heteroatoms. The van der Waals surface area contributed by atoms with E-state index in [0.29, 0.717) is 6.54 Å². The standard InChI is InChI=1S/C20H30N2O3/c1-25-14-13-21-10-7-20(8-11-21)9-12-22(15-18(20)16-23)19(24)17-5-3-2-4-6-17/h2-6,18,23H,7-16H2,1H3/t18-/m0/s1. The Labute approximate surface area is 150 Å². The fourth-order valence-corrected chi connectivity index (χ4v) is 4.41. The number of methoxy groups -OCH3 is 1. The van der Waals surface area contributed by atoms with Gasteiger partial charge in [-0.15, -0.1) is 0 Å². The minimum absolute atomic E-state index is 0.0893. The Morgan fingerprint density at radius 2 is 1.88 bits per heavy atom. The van der Waals surface area contributed by atoms with Crippen molar-refractivity contribution in [3.05, 3.63) is 35.9 Å². The number of benzene rings is 1. The number of amides is 1. The van der Waals surface area contributed by atoms with E-state index >= 15 is 0 Å². The summed E-state index contributed by atoms with van der Waals surface area (Å²) < 4.78 is 5.18. The van der Waals surface area contributed by atoms with Crippen molar-refractivity contribution < 1.29 is 14.6 Å². The smallest absolute Gasteiger partial charge is 0.253 e. The van der Waals surface area contributed by atoms with Crippen LogP contribution in [0.3, 0.4) is 0 Å². The number of carbonyl (C=O) groups is 1. The highest BCUT2D eigenvalue weighted by atomic mass is 16.5. The molecule has 138 valence electrons. The lowest BCUT2D eigenvalue weighted by Crippen LogP contribution is -2.54. The first kappa shape index (κ1) is 18.4. The predicted octanol–water partition coefficient (Wildman–Crippen LogP) is 1.87. The van der Waals surface area contributed by atoms with Crippen molar-refractivity contribution >= 4 is 5.91 Å². The van der Waals surface area contributed by atoms with E-state index in [0.717, 1.165) is 57.6 Å². The van der Waals surface area contributed by atoms with Gasteiger partial charge in [-0.3, -0.25) is 4.79 Å². The molecule has 1 amide bonds. The Balaban J connectivity index is 1.62. The molecule has 25 heavy (non-hydrogen) atoms. The zero-order valence-corrected chi connectivity index (χ0v) is 15.2. The molecule has 0 saturated carbocycles. The summed E-state index contributed by atoms with van der Waals surface area (Å²) in [5.41, 5.74) is 0.927. The first-order valence-electron chi connectivity index (χ1n) is 9.35. The summed E-state index contributed by atoms with van der Waals surface area (Å²) in [4.78, 5) is 17.1. The van der Waals surface area contributed by atoms with Crippen molar-refractivity contribution in [2.24, 2.45) is 11.3 Å². The highest BCUT2D eigenvalue weighted by Gasteiger charge is 2.45. The summed E-state index contributed by atoms with van der Waals surface area (Å²) in [6, 6.07) is 9.47. The van der Waals surface area contributed by atoms with Gasteiger partial charge in [0.25, 0.3) is 5.91 Å². The SMILES string of the molecule is COCCN1CCC2(CC1)CCN(C(=O)c1ccccc1)C[C@H]2CO. The number of hydrogen-bond acceptors (Lipinski definition) is 4. The van der Waals surface area contributed by atoms with Gasteiger partial charge in [0.15, 0.2) is 0 Å². The molecule has 1 aromatic carbocycles. The molecule has 0 aliphatic carbocycles. The molecule has 0 aromatic heterocycles. The van der Waals surface area contributed by atoms with E-state index in [1.165, 1.54) is 0 Å². The van der Waals surface area contributed by atoms with Gasteiger partial charge in [-0.05, 0) is 49.9 Å². The molecule has 1 spiro atoms. The number of hydrogen-bond donors (Lipinski definition) is 1. The summed E-state index contributed by atoms with van der Waals surface area (Å²) in [7, 11) is 1.74. The summed E-state index contributed by atoms with van der Waals surface area (Å²) in [6.45, 7) is 5.50. The summed E-state index contributed by atoms with van der Waals surface area (Å²) in [6.07, 6.45) is 3.21. The van der Waals surface area contributed by atoms with Crippen LogP contribution in [0.15, 0.2) is 30.3 Å². The summed E-state index contributed by atoms with van der Waals surface area (Å²) >= 11 is 0. The van der Waals surface area contributed by atoms with Crippen LogP contribution in [0.4, 0.5) is 0 Å². The molecule has 0 radical (unpaired) electrons. The molecule has 3 rings (SSSR count). The second-order valence-electron chi connectivity index (χ2n) is 7.44. The van der Waals surface area contributed by atoms with E-state index in [1.807, 2.05) is 35.2 Å². The average Bonchev–Trinajstić information content (AvgIpc) is 2.68. The van der Waals surface area contributed by atoms with Crippen molar-refractivity contribution in [1.29, 1.82) is 0 Å². The zero-order chi connectivity index (χ0) is 17.7. The Hall–Kier alpha value is -1.43. The van der Waals surface area contributed by atoms with Crippen LogP contribution in [0.25, 0.3) is 0 Å². The van der Waals surface area contributed by atoms with Gasteiger partial charge in [0.2, 0.25) is 0 Å². The van der Waals surface area contributed by atoms with Gasteiger partial charge in [0, 0.05) is 44.8 Å². The number of carbonyl (C=O) groups excluding carboxylic acids is 1. The van der Waals surface area contributed by atoms with Crippen LogP contribution >= 0.6 is 0 Å². The van der Waals surface area contributed by atoms with Crippen molar-refractivity contribution in [2.45, 2.75) is 19.3 Å². The van der Waals surface area contributed by atoms with E-state index in [-0.39, 0.29) is 23.8 Å². The molecule has 0 bridgehead atoms. The lowest BCUT2D eigenvalue weighted by atomic mass is 9.64. The molecule has 2 aliphatic rings.